The fourth-order valence-corrected chi connectivity index (χ4v) is 11.4. The minimum absolute atomic E-state index is 0.0150. The number of nitrogens with two attached hydrogens (primary N) is 1. The van der Waals surface area contributed by atoms with Crippen LogP contribution in [0.1, 0.15) is 297 Å². The van der Waals surface area contributed by atoms with E-state index in [1.165, 1.54) is 89.9 Å². The van der Waals surface area contributed by atoms with Gasteiger partial charge in [0.05, 0.1) is 13.2 Å². The number of amides is 2. The van der Waals surface area contributed by atoms with Gasteiger partial charge in [-0.3, -0.25) is 33.6 Å². The summed E-state index contributed by atoms with van der Waals surface area (Å²) in [6.45, 7) is 18.1. The third kappa shape index (κ3) is 62.0. The summed E-state index contributed by atoms with van der Waals surface area (Å²) < 4.78 is 35.6. The predicted molar refractivity (Wildman–Crippen MR) is 396 cm³/mol. The van der Waals surface area contributed by atoms with E-state index in [2.05, 4.69) is 70.2 Å². The molecular formula is C76H149N9O13. The highest BCUT2D eigenvalue weighted by atomic mass is 16.6. The van der Waals surface area contributed by atoms with Crippen molar-refractivity contribution < 1.29 is 62.0 Å². The molecule has 98 heavy (non-hydrogen) atoms. The molecule has 4 atom stereocenters. The topological polar surface area (TPSA) is 297 Å². The van der Waals surface area contributed by atoms with Crippen LogP contribution in [0.2, 0.25) is 0 Å². The maximum atomic E-state index is 15.2. The quantitative estimate of drug-likeness (QED) is 0.0155. The van der Waals surface area contributed by atoms with Gasteiger partial charge in [-0.25, -0.2) is 0 Å². The summed E-state index contributed by atoms with van der Waals surface area (Å²) in [5.74, 6) is -4.40. The Kier molecular flexibility index (Phi) is 71.4. The zero-order valence-electron chi connectivity index (χ0n) is 63.1. The number of carbonyl (C=O) groups excluding carboxylic acids is 7. The number of rotatable bonds is 78. The number of hydrogen-bond acceptors (Lipinski definition) is 20. The van der Waals surface area contributed by atoms with Crippen LogP contribution in [0, 0.1) is 0 Å². The molecule has 0 aromatic heterocycles. The molecule has 4 unspecified atom stereocenters. The number of ketones is 1. The van der Waals surface area contributed by atoms with Crippen molar-refractivity contribution in [1.82, 2.24) is 42.5 Å². The van der Waals surface area contributed by atoms with Crippen LogP contribution < -0.4 is 48.3 Å². The van der Waals surface area contributed by atoms with Gasteiger partial charge in [0.25, 0.3) is 5.91 Å². The fourth-order valence-electron chi connectivity index (χ4n) is 11.4. The Bertz CT molecular complexity index is 1860. The van der Waals surface area contributed by atoms with Crippen molar-refractivity contribution in [2.24, 2.45) is 5.73 Å². The molecule has 2 amide bonds. The van der Waals surface area contributed by atoms with Crippen LogP contribution in [-0.2, 0) is 62.0 Å². The first-order chi connectivity index (χ1) is 48.0. The van der Waals surface area contributed by atoms with Gasteiger partial charge < -0.3 is 76.7 Å². The summed E-state index contributed by atoms with van der Waals surface area (Å²) in [5.41, 5.74) is 5.61. The standard InChI is InChI=1S/C76H149N9O13/c1-6-10-14-18-22-26-30-34-38-44-68(88)95-72(66(86)43-42-49-78-51-53-80-55-57-82-59-61-84-67(87)65-94-64-63-93-5)73(96-69(89)45-39-35-31-27-23-19-15-11-7-2)74(97-70(90)46-40-36-32-28-24-20-16-12-8-3)75(98-71(91)47-41-37-33-29-25-21-17-13-9-4)76(92)85-62-60-83-58-56-81-54-52-79-50-48-77/h72-75,78-83H,6-65,77H2,1-5H3,(H,84,87)(H,85,92). The molecule has 10 N–H and O–H groups in total. The van der Waals surface area contributed by atoms with E-state index in [1.54, 1.807) is 7.11 Å². The summed E-state index contributed by atoms with van der Waals surface area (Å²) in [7, 11) is 1.58. The van der Waals surface area contributed by atoms with Crippen LogP contribution in [0.4, 0.5) is 0 Å². The van der Waals surface area contributed by atoms with Gasteiger partial charge in [-0.2, -0.15) is 0 Å². The first-order valence-corrected chi connectivity index (χ1v) is 39.8. The van der Waals surface area contributed by atoms with Crippen LogP contribution in [0.15, 0.2) is 0 Å². The van der Waals surface area contributed by atoms with E-state index in [-0.39, 0.29) is 51.2 Å². The number of esters is 4. The van der Waals surface area contributed by atoms with Gasteiger partial charge in [-0.05, 0) is 38.6 Å². The lowest BCUT2D eigenvalue weighted by Crippen LogP contribution is -2.58. The Morgan fingerprint density at radius 2 is 0.602 bits per heavy atom. The molecule has 0 saturated heterocycles. The van der Waals surface area contributed by atoms with E-state index in [0.717, 1.165) is 135 Å². The highest BCUT2D eigenvalue weighted by Gasteiger charge is 2.49. The summed E-state index contributed by atoms with van der Waals surface area (Å²) in [6.07, 6.45) is 28.9. The van der Waals surface area contributed by atoms with Gasteiger partial charge in [-0.1, -0.05) is 233 Å². The molecule has 22 nitrogen and oxygen atoms in total. The average Bonchev–Trinajstić information content (AvgIpc) is 0.814. The maximum Gasteiger partial charge on any atom is 0.306 e. The van der Waals surface area contributed by atoms with E-state index in [9.17, 15) is 24.0 Å². The highest BCUT2D eigenvalue weighted by molar-refractivity contribution is 5.88. The third-order valence-corrected chi connectivity index (χ3v) is 17.4. The largest absolute Gasteiger partial charge is 0.454 e. The van der Waals surface area contributed by atoms with Crippen molar-refractivity contribution >= 4 is 41.5 Å². The summed E-state index contributed by atoms with van der Waals surface area (Å²) in [6, 6.07) is 0. The molecule has 22 heteroatoms. The molecule has 0 spiro atoms. The van der Waals surface area contributed by atoms with Gasteiger partial charge in [-0.15, -0.1) is 0 Å². The van der Waals surface area contributed by atoms with Crippen LogP contribution in [0.25, 0.3) is 0 Å². The molecule has 0 bridgehead atoms. The summed E-state index contributed by atoms with van der Waals surface area (Å²) >= 11 is 0. The van der Waals surface area contributed by atoms with E-state index in [0.29, 0.717) is 117 Å². The van der Waals surface area contributed by atoms with Gasteiger partial charge in [0.2, 0.25) is 18.1 Å². The SMILES string of the molecule is CCCCCCCCCCCC(=O)OC(C(=O)CCCNCCNCCNCCNC(=O)COCCOC)C(OC(=O)CCCCCCCCCCC)C(OC(=O)CCCCCCCCCCC)C(OC(=O)CCCCCCCCCCC)C(=O)NCCNCCNCCNCCN. The second kappa shape index (κ2) is 74.3. The Labute approximate surface area is 596 Å². The highest BCUT2D eigenvalue weighted by Crippen LogP contribution is 2.26. The van der Waals surface area contributed by atoms with E-state index >= 15 is 9.59 Å². The molecule has 0 saturated carbocycles. The lowest BCUT2D eigenvalue weighted by molar-refractivity contribution is -0.202. The lowest BCUT2D eigenvalue weighted by Gasteiger charge is -2.35. The normalized spacial score (nSPS) is 12.6. The second-order valence-electron chi connectivity index (χ2n) is 26.6. The van der Waals surface area contributed by atoms with Crippen molar-refractivity contribution in [2.75, 3.05) is 125 Å². The molecular weight excluding hydrogens is 1250 g/mol. The monoisotopic (exact) mass is 1400 g/mol. The van der Waals surface area contributed by atoms with Crippen LogP contribution in [0.5, 0.6) is 0 Å². The number of carbonyl (C=O) groups is 7. The maximum absolute atomic E-state index is 15.2. The van der Waals surface area contributed by atoms with Crippen LogP contribution in [-0.4, -0.2) is 191 Å². The molecule has 0 aromatic rings. The van der Waals surface area contributed by atoms with E-state index in [1.807, 2.05) is 0 Å². The van der Waals surface area contributed by atoms with Crippen LogP contribution >= 0.6 is 0 Å². The molecule has 0 fully saturated rings. The van der Waals surface area contributed by atoms with E-state index in [4.69, 9.17) is 34.2 Å². The zero-order chi connectivity index (χ0) is 71.7. The van der Waals surface area contributed by atoms with Gasteiger partial charge in [0.15, 0.2) is 18.0 Å². The Morgan fingerprint density at radius 3 is 0.959 bits per heavy atom. The minimum Gasteiger partial charge on any atom is -0.454 e. The number of unbranched alkanes of at least 4 members (excludes halogenated alkanes) is 32. The third-order valence-electron chi connectivity index (χ3n) is 17.4. The predicted octanol–water partition coefficient (Wildman–Crippen LogP) is 11.1. The van der Waals surface area contributed by atoms with Gasteiger partial charge in [0, 0.05) is 131 Å². The van der Waals surface area contributed by atoms with Crippen molar-refractivity contribution in [3.05, 3.63) is 0 Å². The minimum atomic E-state index is -1.89. The number of methoxy groups -OCH3 is 1. The molecule has 0 aromatic carbocycles. The van der Waals surface area contributed by atoms with Crippen molar-refractivity contribution in [3.8, 4) is 0 Å². The van der Waals surface area contributed by atoms with Crippen LogP contribution in [0.3, 0.4) is 0 Å². The summed E-state index contributed by atoms with van der Waals surface area (Å²) in [4.78, 5) is 99.9. The van der Waals surface area contributed by atoms with Crippen molar-refractivity contribution in [1.29, 1.82) is 0 Å². The van der Waals surface area contributed by atoms with E-state index < -0.39 is 60.0 Å². The fraction of sp³-hybridized carbons (Fsp3) is 0.908. The molecule has 0 rings (SSSR count). The van der Waals surface area contributed by atoms with Crippen molar-refractivity contribution in [3.63, 3.8) is 0 Å². The first kappa shape index (κ1) is 94.1. The Morgan fingerprint density at radius 1 is 0.306 bits per heavy atom. The smallest absolute Gasteiger partial charge is 0.306 e. The number of ether oxygens (including phenoxy) is 6. The molecule has 0 aliphatic carbocycles. The number of Topliss-reactive ketones (excluding diaryl/α,β-unsaturated/α-hetero) is 1. The Balaban J connectivity index is 7.27. The molecule has 0 aliphatic rings. The Hall–Kier alpha value is -3.87. The van der Waals surface area contributed by atoms with Crippen molar-refractivity contribution in [2.45, 2.75) is 322 Å². The summed E-state index contributed by atoms with van der Waals surface area (Å²) in [5, 5.41) is 25.7. The number of nitrogens with one attached hydrogen (secondary N) is 8. The second-order valence-corrected chi connectivity index (χ2v) is 26.6. The lowest BCUT2D eigenvalue weighted by atomic mass is 9.95. The molecule has 0 aliphatic heterocycles. The zero-order valence-corrected chi connectivity index (χ0v) is 63.1. The molecule has 576 valence electrons. The first-order valence-electron chi connectivity index (χ1n) is 39.8. The average molecular weight is 1400 g/mol. The number of hydrogen-bond donors (Lipinski definition) is 9. The van der Waals surface area contributed by atoms with Gasteiger partial charge in [0.1, 0.15) is 6.61 Å². The molecule has 0 heterocycles. The molecule has 0 radical (unpaired) electrons. The van der Waals surface area contributed by atoms with Gasteiger partial charge >= 0.3 is 23.9 Å².